The molecule has 0 unspecified atom stereocenters. The number of carbonyl (C=O) groups excluding carboxylic acids is 1. The monoisotopic (exact) mass is 405 g/mol. The van der Waals surface area contributed by atoms with Crippen molar-refractivity contribution < 1.29 is 9.53 Å². The summed E-state index contributed by atoms with van der Waals surface area (Å²) in [5.74, 6) is 0.0329. The van der Waals surface area contributed by atoms with E-state index in [1.54, 1.807) is 12.4 Å². The lowest BCUT2D eigenvalue weighted by Crippen LogP contribution is -2.40. The standard InChI is InChI=1S/C23H27N5O2/c29-23(27-10-7-20(8-11-27)30-15-17-4-3-9-24-13-17)18-12-21-22(25-14-18)28(16-26-21)19-5-1-2-6-19/h3-4,9,12-14,16,19-20H,1-2,5-8,10-11,15H2. The predicted octanol–water partition coefficient (Wildman–Crippen LogP) is 3.76. The van der Waals surface area contributed by atoms with Crippen LogP contribution >= 0.6 is 0 Å². The molecule has 30 heavy (non-hydrogen) atoms. The molecule has 1 aliphatic carbocycles. The summed E-state index contributed by atoms with van der Waals surface area (Å²) >= 11 is 0. The van der Waals surface area contributed by atoms with Crippen molar-refractivity contribution in [1.29, 1.82) is 0 Å². The van der Waals surface area contributed by atoms with Crippen molar-refractivity contribution in [2.24, 2.45) is 0 Å². The highest BCUT2D eigenvalue weighted by Gasteiger charge is 2.25. The Morgan fingerprint density at radius 3 is 2.70 bits per heavy atom. The molecular formula is C23H27N5O2. The smallest absolute Gasteiger partial charge is 0.255 e. The summed E-state index contributed by atoms with van der Waals surface area (Å²) in [7, 11) is 0. The third-order valence-corrected chi connectivity index (χ3v) is 6.32. The van der Waals surface area contributed by atoms with Crippen LogP contribution in [-0.2, 0) is 11.3 Å². The second-order valence-corrected chi connectivity index (χ2v) is 8.32. The van der Waals surface area contributed by atoms with Crippen molar-refractivity contribution in [2.45, 2.75) is 57.3 Å². The van der Waals surface area contributed by atoms with E-state index >= 15 is 0 Å². The van der Waals surface area contributed by atoms with Crippen LogP contribution in [0.1, 0.15) is 60.5 Å². The van der Waals surface area contributed by atoms with Gasteiger partial charge in [0.15, 0.2) is 5.65 Å². The first kappa shape index (κ1) is 19.2. The van der Waals surface area contributed by atoms with E-state index in [2.05, 4.69) is 19.5 Å². The lowest BCUT2D eigenvalue weighted by molar-refractivity contribution is -0.000473. The topological polar surface area (TPSA) is 73.1 Å². The number of nitrogens with zero attached hydrogens (tertiary/aromatic N) is 5. The molecule has 0 N–H and O–H groups in total. The van der Waals surface area contributed by atoms with Crippen LogP contribution in [0.3, 0.4) is 0 Å². The predicted molar refractivity (Wildman–Crippen MR) is 113 cm³/mol. The molecular weight excluding hydrogens is 378 g/mol. The molecule has 156 valence electrons. The molecule has 3 aromatic rings. The van der Waals surface area contributed by atoms with Crippen LogP contribution in [0.15, 0.2) is 43.1 Å². The Morgan fingerprint density at radius 2 is 1.93 bits per heavy atom. The normalized spacial score (nSPS) is 18.3. The number of hydrogen-bond acceptors (Lipinski definition) is 5. The van der Waals surface area contributed by atoms with Gasteiger partial charge >= 0.3 is 0 Å². The molecule has 3 aromatic heterocycles. The average molecular weight is 406 g/mol. The van der Waals surface area contributed by atoms with E-state index < -0.39 is 0 Å². The van der Waals surface area contributed by atoms with Crippen LogP contribution < -0.4 is 0 Å². The zero-order chi connectivity index (χ0) is 20.3. The summed E-state index contributed by atoms with van der Waals surface area (Å²) in [6, 6.07) is 6.32. The summed E-state index contributed by atoms with van der Waals surface area (Å²) < 4.78 is 8.19. The minimum atomic E-state index is 0.0329. The van der Waals surface area contributed by atoms with Crippen LogP contribution in [0.5, 0.6) is 0 Å². The Bertz CT molecular complexity index is 1000. The number of pyridine rings is 2. The number of likely N-dealkylation sites (tertiary alicyclic amines) is 1. The van der Waals surface area contributed by atoms with Gasteiger partial charge < -0.3 is 14.2 Å². The molecule has 1 aliphatic heterocycles. The van der Waals surface area contributed by atoms with Gasteiger partial charge in [-0.25, -0.2) is 9.97 Å². The first-order valence-electron chi connectivity index (χ1n) is 10.9. The van der Waals surface area contributed by atoms with E-state index in [4.69, 9.17) is 4.74 Å². The molecule has 1 saturated heterocycles. The fourth-order valence-electron chi connectivity index (χ4n) is 4.59. The Balaban J connectivity index is 1.19. The first-order valence-corrected chi connectivity index (χ1v) is 10.9. The average Bonchev–Trinajstić information content (AvgIpc) is 3.47. The zero-order valence-electron chi connectivity index (χ0n) is 17.1. The molecule has 0 aromatic carbocycles. The third-order valence-electron chi connectivity index (χ3n) is 6.32. The molecule has 0 radical (unpaired) electrons. The lowest BCUT2D eigenvalue weighted by atomic mass is 10.1. The van der Waals surface area contributed by atoms with Crippen LogP contribution in [-0.4, -0.2) is 49.5 Å². The molecule has 0 atom stereocenters. The van der Waals surface area contributed by atoms with Gasteiger partial charge in [-0.2, -0.15) is 0 Å². The van der Waals surface area contributed by atoms with Crippen molar-refractivity contribution in [3.63, 3.8) is 0 Å². The van der Waals surface area contributed by atoms with E-state index in [0.29, 0.717) is 31.3 Å². The van der Waals surface area contributed by atoms with Crippen LogP contribution in [0, 0.1) is 0 Å². The zero-order valence-corrected chi connectivity index (χ0v) is 17.1. The Hall–Kier alpha value is -2.80. The van der Waals surface area contributed by atoms with Crippen LogP contribution in [0.2, 0.25) is 0 Å². The lowest BCUT2D eigenvalue weighted by Gasteiger charge is -2.32. The van der Waals surface area contributed by atoms with Crippen LogP contribution in [0.4, 0.5) is 0 Å². The molecule has 1 saturated carbocycles. The number of amides is 1. The van der Waals surface area contributed by atoms with Gasteiger partial charge in [-0.3, -0.25) is 9.78 Å². The maximum atomic E-state index is 13.0. The number of aromatic nitrogens is 4. The summed E-state index contributed by atoms with van der Waals surface area (Å²) in [6.45, 7) is 1.97. The number of hydrogen-bond donors (Lipinski definition) is 0. The van der Waals surface area contributed by atoms with Gasteiger partial charge in [0.05, 0.1) is 24.6 Å². The minimum Gasteiger partial charge on any atom is -0.373 e. The molecule has 2 aliphatic rings. The Morgan fingerprint density at radius 1 is 1.10 bits per heavy atom. The van der Waals surface area contributed by atoms with E-state index in [-0.39, 0.29) is 12.0 Å². The second kappa shape index (κ2) is 8.52. The van der Waals surface area contributed by atoms with Crippen LogP contribution in [0.25, 0.3) is 11.2 Å². The summed E-state index contributed by atoms with van der Waals surface area (Å²) in [5.41, 5.74) is 3.39. The largest absolute Gasteiger partial charge is 0.373 e. The first-order chi connectivity index (χ1) is 14.8. The number of carbonyl (C=O) groups is 1. The molecule has 2 fully saturated rings. The number of piperidine rings is 1. The summed E-state index contributed by atoms with van der Waals surface area (Å²) in [5, 5.41) is 0. The molecule has 0 spiro atoms. The molecule has 1 amide bonds. The minimum absolute atomic E-state index is 0.0329. The molecule has 0 bridgehead atoms. The van der Waals surface area contributed by atoms with E-state index in [9.17, 15) is 4.79 Å². The fraction of sp³-hybridized carbons (Fsp3) is 0.478. The van der Waals surface area contributed by atoms with Gasteiger partial charge in [0.2, 0.25) is 0 Å². The second-order valence-electron chi connectivity index (χ2n) is 8.32. The van der Waals surface area contributed by atoms with Crippen molar-refractivity contribution in [3.8, 4) is 0 Å². The van der Waals surface area contributed by atoms with Gasteiger partial charge in [0.25, 0.3) is 5.91 Å². The van der Waals surface area contributed by atoms with Crippen molar-refractivity contribution in [2.75, 3.05) is 13.1 Å². The molecule has 7 nitrogen and oxygen atoms in total. The number of imidazole rings is 1. The fourth-order valence-corrected chi connectivity index (χ4v) is 4.59. The van der Waals surface area contributed by atoms with E-state index in [0.717, 1.165) is 29.6 Å². The quantitative estimate of drug-likeness (QED) is 0.646. The van der Waals surface area contributed by atoms with E-state index in [1.807, 2.05) is 35.6 Å². The van der Waals surface area contributed by atoms with E-state index in [1.165, 1.54) is 25.7 Å². The van der Waals surface area contributed by atoms with Crippen molar-refractivity contribution in [3.05, 3.63) is 54.2 Å². The molecule has 7 heteroatoms. The maximum Gasteiger partial charge on any atom is 0.255 e. The van der Waals surface area contributed by atoms with Crippen molar-refractivity contribution in [1.82, 2.24) is 24.4 Å². The Kier molecular flexibility index (Phi) is 5.45. The number of rotatable bonds is 5. The highest BCUT2D eigenvalue weighted by atomic mass is 16.5. The number of fused-ring (bicyclic) bond motifs is 1. The van der Waals surface area contributed by atoms with Crippen molar-refractivity contribution >= 4 is 17.1 Å². The molecule has 5 rings (SSSR count). The highest BCUT2D eigenvalue weighted by molar-refractivity contribution is 5.96. The SMILES string of the molecule is O=C(c1cnc2c(c1)ncn2C1CCCC1)N1CCC(OCc2cccnc2)CC1. The van der Waals surface area contributed by atoms with Gasteiger partial charge in [0.1, 0.15) is 5.52 Å². The van der Waals surface area contributed by atoms with Gasteiger partial charge in [0, 0.05) is 37.7 Å². The number of ether oxygens (including phenoxy) is 1. The highest BCUT2D eigenvalue weighted by Crippen LogP contribution is 2.31. The summed E-state index contributed by atoms with van der Waals surface area (Å²) in [4.78, 5) is 28.1. The maximum absolute atomic E-state index is 13.0. The third kappa shape index (κ3) is 3.94. The van der Waals surface area contributed by atoms with Gasteiger partial charge in [-0.1, -0.05) is 18.9 Å². The summed E-state index contributed by atoms with van der Waals surface area (Å²) in [6.07, 6.45) is 14.0. The Labute approximate surface area is 176 Å². The van der Waals surface area contributed by atoms with Gasteiger partial charge in [-0.05, 0) is 43.4 Å². The molecule has 4 heterocycles. The van der Waals surface area contributed by atoms with Gasteiger partial charge in [-0.15, -0.1) is 0 Å².